The molecule has 0 aliphatic rings. The van der Waals surface area contributed by atoms with E-state index in [1.54, 1.807) is 13.1 Å². The van der Waals surface area contributed by atoms with E-state index in [4.69, 9.17) is 22.9 Å². The number of amides is 4. The van der Waals surface area contributed by atoms with Gasteiger partial charge in [0, 0.05) is 36.5 Å². The molecule has 4 amide bonds. The number of aliphatic carboxylic acids is 1. The maximum absolute atomic E-state index is 13.4. The van der Waals surface area contributed by atoms with E-state index in [1.165, 1.54) is 0 Å². The molecule has 1 aromatic carbocycles. The number of carboxylic acid groups (broad SMARTS) is 1. The van der Waals surface area contributed by atoms with Gasteiger partial charge in [-0.15, -0.1) is 0 Å². The van der Waals surface area contributed by atoms with Crippen LogP contribution in [0.4, 0.5) is 0 Å². The van der Waals surface area contributed by atoms with Gasteiger partial charge in [-0.25, -0.2) is 4.79 Å². The van der Waals surface area contributed by atoms with Crippen molar-refractivity contribution in [2.45, 2.75) is 76.5 Å². The van der Waals surface area contributed by atoms with Crippen LogP contribution in [-0.4, -0.2) is 76.4 Å². The highest BCUT2D eigenvalue weighted by Gasteiger charge is 2.32. The number of primary amides is 1. The Kier molecular flexibility index (Phi) is 13.4. The van der Waals surface area contributed by atoms with Gasteiger partial charge in [-0.2, -0.15) is 0 Å². The molecule has 2 aromatic rings. The minimum atomic E-state index is -1.33. The van der Waals surface area contributed by atoms with Gasteiger partial charge in [0.2, 0.25) is 23.6 Å². The van der Waals surface area contributed by atoms with Crippen LogP contribution >= 0.6 is 0 Å². The molecule has 2 rings (SSSR count). The van der Waals surface area contributed by atoms with E-state index < -0.39 is 53.8 Å². The van der Waals surface area contributed by atoms with Gasteiger partial charge in [-0.3, -0.25) is 24.2 Å². The third-order valence-electron chi connectivity index (χ3n) is 7.12. The van der Waals surface area contributed by atoms with Crippen molar-refractivity contribution >= 4 is 46.5 Å². The van der Waals surface area contributed by atoms with Crippen molar-refractivity contribution in [3.63, 3.8) is 0 Å². The van der Waals surface area contributed by atoms with Crippen LogP contribution in [-0.2, 0) is 30.4 Å². The summed E-state index contributed by atoms with van der Waals surface area (Å²) in [4.78, 5) is 70.0. The summed E-state index contributed by atoms with van der Waals surface area (Å²) in [6.07, 6.45) is 2.40. The molecule has 5 atom stereocenters. The number of benzene rings is 1. The first-order chi connectivity index (χ1) is 20.3. The van der Waals surface area contributed by atoms with Crippen LogP contribution in [0.2, 0.25) is 0 Å². The summed E-state index contributed by atoms with van der Waals surface area (Å²) in [6, 6.07) is 2.68. The molecule has 0 bridgehead atoms. The summed E-state index contributed by atoms with van der Waals surface area (Å²) in [6.45, 7) is 3.85. The molecule has 0 radical (unpaired) electrons. The van der Waals surface area contributed by atoms with E-state index in [0.717, 1.165) is 10.9 Å². The van der Waals surface area contributed by atoms with Crippen LogP contribution in [0.5, 0.6) is 0 Å². The number of nitrogens with one attached hydrogen (secondary N) is 4. The van der Waals surface area contributed by atoms with E-state index in [0.29, 0.717) is 18.4 Å². The minimum Gasteiger partial charge on any atom is -0.480 e. The van der Waals surface area contributed by atoms with Gasteiger partial charge in [-0.05, 0) is 36.8 Å². The van der Waals surface area contributed by atoms with Crippen LogP contribution in [0, 0.1) is 5.92 Å². The van der Waals surface area contributed by atoms with E-state index in [-0.39, 0.29) is 44.1 Å². The standard InChI is InChI=1S/C28H43N9O6/c1-3-15(2)23(37-24(39)18(29)8-6-12-33-28(31)32)26(41)35-20(10-11-22(30)38)25(40)36-21(27(42)43)13-16-14-34-19-9-5-4-7-17(16)19/h4-5,7,9,14-15,18,20-21,23,34H,3,6,8,10-13,29H2,1-2H3,(H2,30,38)(H,35,41)(H,36,40)(H,37,39)(H,42,43)(H4,31,32,33). The normalized spacial score (nSPS) is 14.5. The van der Waals surface area contributed by atoms with Crippen molar-refractivity contribution in [2.24, 2.45) is 33.8 Å². The number of guanidine groups is 1. The Morgan fingerprint density at radius 2 is 1.63 bits per heavy atom. The van der Waals surface area contributed by atoms with Crippen LogP contribution in [0.1, 0.15) is 51.5 Å². The molecule has 0 fully saturated rings. The zero-order valence-corrected chi connectivity index (χ0v) is 24.5. The molecule has 15 heteroatoms. The predicted molar refractivity (Wildman–Crippen MR) is 161 cm³/mol. The molecule has 0 spiro atoms. The highest BCUT2D eigenvalue weighted by atomic mass is 16.4. The van der Waals surface area contributed by atoms with Crippen LogP contribution in [0.15, 0.2) is 35.5 Å². The zero-order chi connectivity index (χ0) is 32.1. The third kappa shape index (κ3) is 10.9. The number of H-pyrrole nitrogens is 1. The summed E-state index contributed by atoms with van der Waals surface area (Å²) in [5.41, 5.74) is 23.4. The average Bonchev–Trinajstić information content (AvgIpc) is 3.37. The second-order valence-electron chi connectivity index (χ2n) is 10.5. The number of para-hydroxylation sites is 1. The quantitative estimate of drug-likeness (QED) is 0.0571. The highest BCUT2D eigenvalue weighted by molar-refractivity contribution is 5.94. The summed E-state index contributed by atoms with van der Waals surface area (Å²) in [5, 5.41) is 18.4. The Hall–Kier alpha value is -4.66. The summed E-state index contributed by atoms with van der Waals surface area (Å²) >= 11 is 0. The molecular formula is C28H43N9O6. The topological polar surface area (TPSA) is 274 Å². The zero-order valence-electron chi connectivity index (χ0n) is 24.5. The molecule has 1 aromatic heterocycles. The fourth-order valence-electron chi connectivity index (χ4n) is 4.42. The smallest absolute Gasteiger partial charge is 0.326 e. The van der Waals surface area contributed by atoms with E-state index in [9.17, 15) is 29.1 Å². The number of aromatic amines is 1. The first-order valence-electron chi connectivity index (χ1n) is 14.1. The molecular weight excluding hydrogens is 558 g/mol. The van der Waals surface area contributed by atoms with Gasteiger partial charge < -0.3 is 49.0 Å². The molecule has 1 heterocycles. The Labute approximate surface area is 249 Å². The lowest BCUT2D eigenvalue weighted by Gasteiger charge is -2.28. The molecule has 0 aliphatic carbocycles. The van der Waals surface area contributed by atoms with Gasteiger partial charge in [-0.1, -0.05) is 38.5 Å². The van der Waals surface area contributed by atoms with Crippen LogP contribution < -0.4 is 38.9 Å². The number of carbonyl (C=O) groups excluding carboxylic acids is 4. The van der Waals surface area contributed by atoms with Crippen molar-refractivity contribution in [2.75, 3.05) is 6.54 Å². The predicted octanol–water partition coefficient (Wildman–Crippen LogP) is -1.06. The van der Waals surface area contributed by atoms with Gasteiger partial charge >= 0.3 is 5.97 Å². The molecule has 0 aliphatic heterocycles. The Morgan fingerprint density at radius 3 is 2.26 bits per heavy atom. The molecule has 0 saturated heterocycles. The van der Waals surface area contributed by atoms with Gasteiger partial charge in [0.25, 0.3) is 0 Å². The number of hydrogen-bond donors (Lipinski definition) is 9. The summed E-state index contributed by atoms with van der Waals surface area (Å²) < 4.78 is 0. The first kappa shape index (κ1) is 34.5. The summed E-state index contributed by atoms with van der Waals surface area (Å²) in [5.74, 6) is -4.50. The van der Waals surface area contributed by atoms with E-state index in [1.807, 2.05) is 31.2 Å². The van der Waals surface area contributed by atoms with Crippen molar-refractivity contribution in [1.82, 2.24) is 20.9 Å². The molecule has 236 valence electrons. The fourth-order valence-corrected chi connectivity index (χ4v) is 4.42. The third-order valence-corrected chi connectivity index (χ3v) is 7.12. The highest BCUT2D eigenvalue weighted by Crippen LogP contribution is 2.19. The minimum absolute atomic E-state index is 0.0335. The Balaban J connectivity index is 2.16. The second kappa shape index (κ2) is 16.7. The molecule has 13 N–H and O–H groups in total. The molecule has 43 heavy (non-hydrogen) atoms. The summed E-state index contributed by atoms with van der Waals surface area (Å²) in [7, 11) is 0. The van der Waals surface area contributed by atoms with E-state index >= 15 is 0 Å². The maximum Gasteiger partial charge on any atom is 0.326 e. The number of rotatable bonds is 18. The second-order valence-corrected chi connectivity index (χ2v) is 10.5. The SMILES string of the molecule is CCC(C)C(NC(=O)C(N)CCCN=C(N)N)C(=O)NC(CCC(N)=O)C(=O)NC(Cc1c[nH]c2ccccc12)C(=O)O. The number of aromatic nitrogens is 1. The monoisotopic (exact) mass is 601 g/mol. The number of nitrogens with zero attached hydrogens (tertiary/aromatic N) is 1. The van der Waals surface area contributed by atoms with Crippen LogP contribution in [0.25, 0.3) is 10.9 Å². The lowest BCUT2D eigenvalue weighted by Crippen LogP contribution is -2.58. The Morgan fingerprint density at radius 1 is 0.953 bits per heavy atom. The molecule has 15 nitrogen and oxygen atoms in total. The van der Waals surface area contributed by atoms with Crippen molar-refractivity contribution in [3.05, 3.63) is 36.0 Å². The van der Waals surface area contributed by atoms with Crippen molar-refractivity contribution in [1.29, 1.82) is 0 Å². The Bertz CT molecular complexity index is 1310. The van der Waals surface area contributed by atoms with Crippen LogP contribution in [0.3, 0.4) is 0 Å². The van der Waals surface area contributed by atoms with Gasteiger partial charge in [0.15, 0.2) is 5.96 Å². The van der Waals surface area contributed by atoms with Gasteiger partial charge in [0.1, 0.15) is 18.1 Å². The van der Waals surface area contributed by atoms with Gasteiger partial charge in [0.05, 0.1) is 6.04 Å². The fraction of sp³-hybridized carbons (Fsp3) is 0.500. The molecule has 0 saturated carbocycles. The number of fused-ring (bicyclic) bond motifs is 1. The largest absolute Gasteiger partial charge is 0.480 e. The lowest BCUT2D eigenvalue weighted by molar-refractivity contribution is -0.142. The lowest BCUT2D eigenvalue weighted by atomic mass is 9.96. The number of hydrogen-bond acceptors (Lipinski definition) is 7. The number of nitrogens with two attached hydrogens (primary N) is 4. The van der Waals surface area contributed by atoms with E-state index in [2.05, 4.69) is 25.9 Å². The first-order valence-corrected chi connectivity index (χ1v) is 14.1. The maximum atomic E-state index is 13.4. The van der Waals surface area contributed by atoms with Crippen molar-refractivity contribution in [3.8, 4) is 0 Å². The molecule has 5 unspecified atom stereocenters. The van der Waals surface area contributed by atoms with Crippen molar-refractivity contribution < 1.29 is 29.1 Å². The number of carbonyl (C=O) groups is 5. The number of aliphatic imine (C=N–C) groups is 1. The number of carboxylic acids is 1. The average molecular weight is 602 g/mol.